The molecule has 2 N–H and O–H groups in total. The molecule has 1 aromatic carbocycles. The number of hydrogen-bond acceptors (Lipinski definition) is 3. The molecule has 0 unspecified atom stereocenters. The topological polar surface area (TPSA) is 66.0 Å². The maximum atomic E-state index is 11.2. The van der Waals surface area contributed by atoms with Crippen LogP contribution in [0.1, 0.15) is 40.5 Å². The number of carboxylic acids is 1. The second-order valence-corrected chi connectivity index (χ2v) is 7.85. The monoisotopic (exact) mass is 362 g/mol. The summed E-state index contributed by atoms with van der Waals surface area (Å²) >= 11 is 7.65. The molecule has 126 valence electrons. The predicted octanol–water partition coefficient (Wildman–Crippen LogP) is 5.46. The first-order valence-corrected chi connectivity index (χ1v) is 8.99. The molecule has 0 aliphatic carbocycles. The number of rotatable bonds is 4. The van der Waals surface area contributed by atoms with Crippen molar-refractivity contribution in [3.8, 4) is 10.6 Å². The second-order valence-electron chi connectivity index (χ2n) is 6.45. The van der Waals surface area contributed by atoms with E-state index in [1.54, 1.807) is 6.92 Å². The lowest BCUT2D eigenvalue weighted by molar-refractivity contribution is 0.0701. The molecular weight excluding hydrogens is 344 g/mol. The minimum Gasteiger partial charge on any atom is -0.477 e. The lowest BCUT2D eigenvalue weighted by Gasteiger charge is -2.03. The Morgan fingerprint density at radius 3 is 2.67 bits per heavy atom. The molecule has 3 rings (SSSR count). The van der Waals surface area contributed by atoms with E-state index in [0.717, 1.165) is 22.9 Å². The van der Waals surface area contributed by atoms with E-state index in [1.807, 2.05) is 12.1 Å². The fourth-order valence-corrected chi connectivity index (χ4v) is 4.05. The number of carboxylic acid groups (broad SMARTS) is 1. The van der Waals surface area contributed by atoms with Gasteiger partial charge in [0.25, 0.3) is 0 Å². The lowest BCUT2D eigenvalue weighted by Crippen LogP contribution is -1.95. The minimum absolute atomic E-state index is 0.271. The Hall–Kier alpha value is -1.85. The van der Waals surface area contributed by atoms with Crippen LogP contribution in [0.2, 0.25) is 5.02 Å². The Bertz CT molecular complexity index is 940. The van der Waals surface area contributed by atoms with E-state index >= 15 is 0 Å². The summed E-state index contributed by atoms with van der Waals surface area (Å²) in [5.74, 6) is -0.393. The quantitative estimate of drug-likeness (QED) is 0.647. The molecule has 0 aliphatic rings. The summed E-state index contributed by atoms with van der Waals surface area (Å²) in [5, 5.41) is 11.6. The van der Waals surface area contributed by atoms with Gasteiger partial charge in [0.2, 0.25) is 0 Å². The number of nitrogens with one attached hydrogen (secondary N) is 1. The van der Waals surface area contributed by atoms with Gasteiger partial charge < -0.3 is 10.1 Å². The number of aromatic nitrogens is 2. The van der Waals surface area contributed by atoms with Crippen LogP contribution in [0.15, 0.2) is 12.1 Å². The van der Waals surface area contributed by atoms with Crippen molar-refractivity contribution in [1.82, 2.24) is 9.97 Å². The molecule has 6 heteroatoms. The van der Waals surface area contributed by atoms with Crippen molar-refractivity contribution < 1.29 is 9.90 Å². The zero-order chi connectivity index (χ0) is 17.6. The van der Waals surface area contributed by atoms with E-state index in [4.69, 9.17) is 11.6 Å². The smallest absolute Gasteiger partial charge is 0.347 e. The third-order valence-electron chi connectivity index (χ3n) is 4.07. The highest BCUT2D eigenvalue weighted by Gasteiger charge is 2.18. The molecule has 0 radical (unpaired) electrons. The molecule has 2 aromatic heterocycles. The Kier molecular flexibility index (Phi) is 4.40. The lowest BCUT2D eigenvalue weighted by atomic mass is 10.0. The number of halogens is 1. The van der Waals surface area contributed by atoms with Crippen LogP contribution in [0, 0.1) is 19.8 Å². The van der Waals surface area contributed by atoms with Crippen LogP contribution < -0.4 is 0 Å². The maximum Gasteiger partial charge on any atom is 0.347 e. The third kappa shape index (κ3) is 2.94. The van der Waals surface area contributed by atoms with E-state index < -0.39 is 5.97 Å². The normalized spacial score (nSPS) is 11.6. The van der Waals surface area contributed by atoms with Crippen molar-refractivity contribution in [2.45, 2.75) is 34.1 Å². The van der Waals surface area contributed by atoms with Crippen LogP contribution in [0.3, 0.4) is 0 Å². The summed E-state index contributed by atoms with van der Waals surface area (Å²) in [5.41, 5.74) is 4.70. The molecule has 24 heavy (non-hydrogen) atoms. The largest absolute Gasteiger partial charge is 0.477 e. The molecule has 0 amide bonds. The van der Waals surface area contributed by atoms with Crippen LogP contribution >= 0.6 is 22.9 Å². The number of thiazole rings is 1. The fraction of sp³-hybridized carbons (Fsp3) is 0.333. The number of H-pyrrole nitrogens is 1. The molecule has 3 aromatic rings. The molecule has 0 saturated heterocycles. The van der Waals surface area contributed by atoms with Gasteiger partial charge in [-0.05, 0) is 43.9 Å². The third-order valence-corrected chi connectivity index (χ3v) is 5.57. The highest BCUT2D eigenvalue weighted by Crippen LogP contribution is 2.36. The van der Waals surface area contributed by atoms with Gasteiger partial charge in [-0.25, -0.2) is 9.78 Å². The molecule has 0 bridgehead atoms. The van der Waals surface area contributed by atoms with Crippen molar-refractivity contribution in [3.63, 3.8) is 0 Å². The van der Waals surface area contributed by atoms with E-state index in [1.165, 1.54) is 22.6 Å². The van der Waals surface area contributed by atoms with Gasteiger partial charge in [-0.2, -0.15) is 0 Å². The first-order valence-electron chi connectivity index (χ1n) is 7.79. The first kappa shape index (κ1) is 17.0. The molecular formula is C18H19ClN2O2S. The van der Waals surface area contributed by atoms with E-state index in [0.29, 0.717) is 21.6 Å². The maximum absolute atomic E-state index is 11.2. The molecule has 2 heterocycles. The molecule has 0 spiro atoms. The number of benzene rings is 1. The Morgan fingerprint density at radius 2 is 2.08 bits per heavy atom. The SMILES string of the molecule is Cc1nc(-c2cc(Cl)c3[nH]c(CC(C)C)c(C)c3c2)sc1C(=O)O. The Labute approximate surface area is 149 Å². The number of fused-ring (bicyclic) bond motifs is 1. The standard InChI is InChI=1S/C18H19ClN2O2S/c1-8(2)5-14-9(3)12-6-11(7-13(19)15(12)21-14)17-20-10(4)16(24-17)18(22)23/h6-8,21H,5H2,1-4H3,(H,22,23). The average molecular weight is 363 g/mol. The number of nitrogens with zero attached hydrogens (tertiary/aromatic N) is 1. The molecule has 0 fully saturated rings. The number of hydrogen-bond donors (Lipinski definition) is 2. The Balaban J connectivity index is 2.15. The second kappa shape index (κ2) is 6.22. The first-order chi connectivity index (χ1) is 11.3. The van der Waals surface area contributed by atoms with Crippen molar-refractivity contribution in [2.75, 3.05) is 0 Å². The zero-order valence-corrected chi connectivity index (χ0v) is 15.6. The van der Waals surface area contributed by atoms with E-state index in [9.17, 15) is 9.90 Å². The van der Waals surface area contributed by atoms with Gasteiger partial charge in [0.15, 0.2) is 0 Å². The van der Waals surface area contributed by atoms with Gasteiger partial charge in [-0.15, -0.1) is 11.3 Å². The molecule has 0 aliphatic heterocycles. The highest BCUT2D eigenvalue weighted by molar-refractivity contribution is 7.17. The van der Waals surface area contributed by atoms with Crippen molar-refractivity contribution in [1.29, 1.82) is 0 Å². The van der Waals surface area contributed by atoms with Crippen LogP contribution in [0.5, 0.6) is 0 Å². The average Bonchev–Trinajstić information content (AvgIpc) is 3.01. The zero-order valence-electron chi connectivity index (χ0n) is 14.0. The number of aromatic carboxylic acids is 1. The summed E-state index contributed by atoms with van der Waals surface area (Å²) < 4.78 is 0. The van der Waals surface area contributed by atoms with Crippen LogP contribution in [0.4, 0.5) is 0 Å². The predicted molar refractivity (Wildman–Crippen MR) is 99.4 cm³/mol. The van der Waals surface area contributed by atoms with Crippen LogP contribution in [-0.4, -0.2) is 21.0 Å². The van der Waals surface area contributed by atoms with Gasteiger partial charge >= 0.3 is 5.97 Å². The van der Waals surface area contributed by atoms with Gasteiger partial charge in [0, 0.05) is 16.6 Å². The van der Waals surface area contributed by atoms with Gasteiger partial charge in [0.1, 0.15) is 9.88 Å². The number of aryl methyl sites for hydroxylation is 2. The summed E-state index contributed by atoms with van der Waals surface area (Å²) in [6.45, 7) is 8.17. The fourth-order valence-electron chi connectivity index (χ4n) is 2.89. The molecule has 0 saturated carbocycles. The van der Waals surface area contributed by atoms with Gasteiger partial charge in [-0.1, -0.05) is 25.4 Å². The van der Waals surface area contributed by atoms with E-state index in [-0.39, 0.29) is 4.88 Å². The van der Waals surface area contributed by atoms with Crippen molar-refractivity contribution >= 4 is 39.8 Å². The Morgan fingerprint density at radius 1 is 1.38 bits per heavy atom. The van der Waals surface area contributed by atoms with Crippen LogP contribution in [0.25, 0.3) is 21.5 Å². The highest BCUT2D eigenvalue weighted by atomic mass is 35.5. The minimum atomic E-state index is -0.944. The summed E-state index contributed by atoms with van der Waals surface area (Å²) in [6.07, 6.45) is 0.964. The van der Waals surface area contributed by atoms with Gasteiger partial charge in [-0.3, -0.25) is 0 Å². The summed E-state index contributed by atoms with van der Waals surface area (Å²) in [7, 11) is 0. The van der Waals surface area contributed by atoms with Crippen molar-refractivity contribution in [3.05, 3.63) is 39.0 Å². The summed E-state index contributed by atoms with van der Waals surface area (Å²) in [6, 6.07) is 3.89. The van der Waals surface area contributed by atoms with Gasteiger partial charge in [0.05, 0.1) is 16.2 Å². The molecule has 4 nitrogen and oxygen atoms in total. The number of carbonyl (C=O) groups is 1. The van der Waals surface area contributed by atoms with Crippen molar-refractivity contribution in [2.24, 2.45) is 5.92 Å². The molecule has 0 atom stereocenters. The van der Waals surface area contributed by atoms with E-state index in [2.05, 4.69) is 30.7 Å². The number of aromatic amines is 1. The van der Waals surface area contributed by atoms with Crippen LogP contribution in [-0.2, 0) is 6.42 Å². The summed E-state index contributed by atoms with van der Waals surface area (Å²) in [4.78, 5) is 19.4.